The van der Waals surface area contributed by atoms with Crippen molar-refractivity contribution in [2.75, 3.05) is 16.8 Å². The number of benzene rings is 2. The Balaban J connectivity index is 1.70. The number of rotatable bonds is 4. The molecule has 1 heterocycles. The van der Waals surface area contributed by atoms with E-state index < -0.39 is 5.92 Å². The Kier molecular flexibility index (Phi) is 4.42. The Morgan fingerprint density at radius 3 is 2.70 bits per heavy atom. The zero-order valence-electron chi connectivity index (χ0n) is 13.2. The predicted octanol–water partition coefficient (Wildman–Crippen LogP) is 3.24. The predicted molar refractivity (Wildman–Crippen MR) is 91.4 cm³/mol. The lowest BCUT2D eigenvalue weighted by Crippen LogP contribution is -2.33. The molecule has 1 atom stereocenters. The third-order valence-electron chi connectivity index (χ3n) is 4.19. The van der Waals surface area contributed by atoms with E-state index in [0.717, 1.165) is 23.4 Å². The minimum absolute atomic E-state index is 0.125. The van der Waals surface area contributed by atoms with Gasteiger partial charge in [0.1, 0.15) is 5.92 Å². The van der Waals surface area contributed by atoms with Crippen molar-refractivity contribution >= 4 is 23.2 Å². The van der Waals surface area contributed by atoms with Crippen LogP contribution >= 0.6 is 0 Å². The summed E-state index contributed by atoms with van der Waals surface area (Å²) >= 11 is 0. The molecule has 3 rings (SSSR count). The fourth-order valence-corrected chi connectivity index (χ4v) is 2.89. The van der Waals surface area contributed by atoms with Crippen molar-refractivity contribution in [3.8, 4) is 0 Å². The number of aryl methyl sites for hydroxylation is 1. The smallest absolute Gasteiger partial charge is 0.239 e. The van der Waals surface area contributed by atoms with Gasteiger partial charge in [0.05, 0.1) is 0 Å². The minimum Gasteiger partial charge on any atom is -0.325 e. The third kappa shape index (κ3) is 3.26. The van der Waals surface area contributed by atoms with Crippen molar-refractivity contribution in [1.29, 1.82) is 0 Å². The van der Waals surface area contributed by atoms with E-state index in [4.69, 9.17) is 0 Å². The minimum atomic E-state index is -0.611. The second kappa shape index (κ2) is 6.65. The molecule has 118 valence electrons. The molecule has 2 aromatic rings. The van der Waals surface area contributed by atoms with Gasteiger partial charge in [-0.15, -0.1) is 0 Å². The van der Waals surface area contributed by atoms with Crippen LogP contribution in [0.15, 0.2) is 54.6 Å². The number of carbonyl (C=O) groups is 2. The maximum Gasteiger partial charge on any atom is 0.239 e. The standard InChI is InChI=1S/C19H20N2O2/c1-2-14-7-6-8-15(13-14)20-18(22)17-11-12-21(19(17)23)16-9-4-3-5-10-16/h3-10,13,17H,2,11-12H2,1H3,(H,20,22)/t17-/m0/s1. The summed E-state index contributed by atoms with van der Waals surface area (Å²) in [5.41, 5.74) is 2.76. The van der Waals surface area contributed by atoms with Crippen molar-refractivity contribution in [3.63, 3.8) is 0 Å². The van der Waals surface area contributed by atoms with Crippen molar-refractivity contribution in [2.24, 2.45) is 5.92 Å². The second-order valence-corrected chi connectivity index (χ2v) is 5.71. The summed E-state index contributed by atoms with van der Waals surface area (Å²) < 4.78 is 0. The zero-order chi connectivity index (χ0) is 16.2. The number of carbonyl (C=O) groups excluding carboxylic acids is 2. The molecule has 1 aliphatic heterocycles. The highest BCUT2D eigenvalue weighted by atomic mass is 16.2. The molecule has 2 aromatic carbocycles. The van der Waals surface area contributed by atoms with Crippen molar-refractivity contribution in [3.05, 3.63) is 60.2 Å². The fourth-order valence-electron chi connectivity index (χ4n) is 2.89. The van der Waals surface area contributed by atoms with Crippen LogP contribution in [0.25, 0.3) is 0 Å². The first-order chi connectivity index (χ1) is 11.2. The maximum atomic E-state index is 12.5. The molecule has 0 unspecified atom stereocenters. The quantitative estimate of drug-likeness (QED) is 0.882. The molecule has 0 bridgehead atoms. The monoisotopic (exact) mass is 308 g/mol. The lowest BCUT2D eigenvalue weighted by atomic mass is 10.1. The SMILES string of the molecule is CCc1cccc(NC(=O)[C@@H]2CCN(c3ccccc3)C2=O)c1. The van der Waals surface area contributed by atoms with E-state index in [1.165, 1.54) is 0 Å². The van der Waals surface area contributed by atoms with Crippen LogP contribution in [-0.2, 0) is 16.0 Å². The van der Waals surface area contributed by atoms with E-state index in [0.29, 0.717) is 13.0 Å². The zero-order valence-corrected chi connectivity index (χ0v) is 13.2. The maximum absolute atomic E-state index is 12.5. The summed E-state index contributed by atoms with van der Waals surface area (Å²) in [5, 5.41) is 2.87. The van der Waals surface area contributed by atoms with Crippen molar-refractivity contribution in [1.82, 2.24) is 0 Å². The van der Waals surface area contributed by atoms with Gasteiger partial charge in [-0.3, -0.25) is 9.59 Å². The first kappa shape index (κ1) is 15.3. The molecule has 1 N–H and O–H groups in total. The highest BCUT2D eigenvalue weighted by Crippen LogP contribution is 2.26. The van der Waals surface area contributed by atoms with Gasteiger partial charge in [0.2, 0.25) is 11.8 Å². The lowest BCUT2D eigenvalue weighted by molar-refractivity contribution is -0.129. The van der Waals surface area contributed by atoms with Crippen LogP contribution < -0.4 is 10.2 Å². The molecule has 1 aliphatic rings. The molecule has 1 saturated heterocycles. The van der Waals surface area contributed by atoms with E-state index in [-0.39, 0.29) is 11.8 Å². The van der Waals surface area contributed by atoms with Crippen LogP contribution in [0.4, 0.5) is 11.4 Å². The fraction of sp³-hybridized carbons (Fsp3) is 0.263. The van der Waals surface area contributed by atoms with E-state index in [1.54, 1.807) is 4.90 Å². The van der Waals surface area contributed by atoms with E-state index in [2.05, 4.69) is 12.2 Å². The Bertz CT molecular complexity index is 712. The highest BCUT2D eigenvalue weighted by Gasteiger charge is 2.37. The number of nitrogens with one attached hydrogen (secondary N) is 1. The molecule has 0 spiro atoms. The molecule has 23 heavy (non-hydrogen) atoms. The van der Waals surface area contributed by atoms with Crippen LogP contribution in [0.3, 0.4) is 0 Å². The average Bonchev–Trinajstić information content (AvgIpc) is 2.97. The van der Waals surface area contributed by atoms with Crippen LogP contribution in [-0.4, -0.2) is 18.4 Å². The molecule has 1 fully saturated rings. The number of anilines is 2. The largest absolute Gasteiger partial charge is 0.325 e. The lowest BCUT2D eigenvalue weighted by Gasteiger charge is -2.16. The van der Waals surface area contributed by atoms with E-state index in [9.17, 15) is 9.59 Å². The Morgan fingerprint density at radius 2 is 1.96 bits per heavy atom. The first-order valence-electron chi connectivity index (χ1n) is 7.95. The van der Waals surface area contributed by atoms with Gasteiger partial charge in [0.25, 0.3) is 0 Å². The Hall–Kier alpha value is -2.62. The van der Waals surface area contributed by atoms with Gasteiger partial charge in [-0.05, 0) is 42.7 Å². The summed E-state index contributed by atoms with van der Waals surface area (Å²) in [4.78, 5) is 26.7. The van der Waals surface area contributed by atoms with Crippen LogP contribution in [0, 0.1) is 5.92 Å². The van der Waals surface area contributed by atoms with E-state index >= 15 is 0 Å². The Morgan fingerprint density at radius 1 is 1.17 bits per heavy atom. The first-order valence-corrected chi connectivity index (χ1v) is 7.95. The molecule has 4 heteroatoms. The molecule has 0 saturated carbocycles. The average molecular weight is 308 g/mol. The third-order valence-corrected chi connectivity index (χ3v) is 4.19. The number of hydrogen-bond acceptors (Lipinski definition) is 2. The van der Waals surface area contributed by atoms with Gasteiger partial charge >= 0.3 is 0 Å². The molecule has 2 amide bonds. The highest BCUT2D eigenvalue weighted by molar-refractivity contribution is 6.13. The van der Waals surface area contributed by atoms with Crippen molar-refractivity contribution < 1.29 is 9.59 Å². The molecule has 0 aromatic heterocycles. The number of nitrogens with zero attached hydrogens (tertiary/aromatic N) is 1. The van der Waals surface area contributed by atoms with Gasteiger partial charge in [0, 0.05) is 17.9 Å². The molecule has 0 radical (unpaired) electrons. The second-order valence-electron chi connectivity index (χ2n) is 5.71. The summed E-state index contributed by atoms with van der Waals surface area (Å²) in [5.74, 6) is -0.956. The number of hydrogen-bond donors (Lipinski definition) is 1. The number of para-hydroxylation sites is 1. The number of amides is 2. The van der Waals surface area contributed by atoms with Crippen molar-refractivity contribution in [2.45, 2.75) is 19.8 Å². The van der Waals surface area contributed by atoms with E-state index in [1.807, 2.05) is 54.6 Å². The Labute approximate surface area is 136 Å². The summed E-state index contributed by atoms with van der Waals surface area (Å²) in [6.07, 6.45) is 1.46. The van der Waals surface area contributed by atoms with Gasteiger partial charge in [-0.25, -0.2) is 0 Å². The molecule has 4 nitrogen and oxygen atoms in total. The molecular formula is C19H20N2O2. The van der Waals surface area contributed by atoms with Crippen LogP contribution in [0.1, 0.15) is 18.9 Å². The van der Waals surface area contributed by atoms with Gasteiger partial charge in [-0.1, -0.05) is 37.3 Å². The summed E-state index contributed by atoms with van der Waals surface area (Å²) in [6.45, 7) is 2.65. The van der Waals surface area contributed by atoms with Crippen LogP contribution in [0.5, 0.6) is 0 Å². The molecule has 0 aliphatic carbocycles. The summed E-state index contributed by atoms with van der Waals surface area (Å²) in [6, 6.07) is 17.2. The summed E-state index contributed by atoms with van der Waals surface area (Å²) in [7, 11) is 0. The molecular weight excluding hydrogens is 288 g/mol. The van der Waals surface area contributed by atoms with Gasteiger partial charge in [0.15, 0.2) is 0 Å². The van der Waals surface area contributed by atoms with Gasteiger partial charge < -0.3 is 10.2 Å². The van der Waals surface area contributed by atoms with Gasteiger partial charge in [-0.2, -0.15) is 0 Å². The van der Waals surface area contributed by atoms with Crippen LogP contribution in [0.2, 0.25) is 0 Å². The normalized spacial score (nSPS) is 17.3. The topological polar surface area (TPSA) is 49.4 Å².